The Morgan fingerprint density at radius 1 is 1.10 bits per heavy atom. The van der Waals surface area contributed by atoms with Crippen molar-refractivity contribution in [1.82, 2.24) is 0 Å². The Morgan fingerprint density at radius 2 is 1.76 bits per heavy atom. The molecule has 0 saturated carbocycles. The van der Waals surface area contributed by atoms with Gasteiger partial charge in [-0.25, -0.2) is 0 Å². The quantitative estimate of drug-likeness (QED) is 0.844. The minimum Gasteiger partial charge on any atom is -0.324 e. The summed E-state index contributed by atoms with van der Waals surface area (Å²) in [6, 6.07) is 17.5. The number of para-hydroxylation sites is 1. The fraction of sp³-hybridized carbons (Fsp3) is 0.235. The summed E-state index contributed by atoms with van der Waals surface area (Å²) in [5, 5.41) is 3.43. The van der Waals surface area contributed by atoms with Crippen LogP contribution in [0.25, 0.3) is 0 Å². The van der Waals surface area contributed by atoms with Crippen LogP contribution in [0.3, 0.4) is 0 Å². The van der Waals surface area contributed by atoms with Crippen LogP contribution in [0.5, 0.6) is 0 Å². The van der Waals surface area contributed by atoms with E-state index in [1.165, 1.54) is 10.5 Å². The lowest BCUT2D eigenvalue weighted by atomic mass is 10.2. The SMILES string of the molecule is CC[NH+](CC(=O)Nc1ccccc1Cl)Cc1ccccc1. The molecule has 0 aliphatic heterocycles. The van der Waals surface area contributed by atoms with Crippen LogP contribution in [-0.2, 0) is 11.3 Å². The van der Waals surface area contributed by atoms with Gasteiger partial charge in [0, 0.05) is 5.56 Å². The smallest absolute Gasteiger partial charge is 0.279 e. The van der Waals surface area contributed by atoms with Gasteiger partial charge in [0.25, 0.3) is 5.91 Å². The molecule has 2 N–H and O–H groups in total. The number of amides is 1. The predicted octanol–water partition coefficient (Wildman–Crippen LogP) is 2.38. The Bertz CT molecular complexity index is 586. The number of carbonyl (C=O) groups excluding carboxylic acids is 1. The Morgan fingerprint density at radius 3 is 2.43 bits per heavy atom. The highest BCUT2D eigenvalue weighted by Gasteiger charge is 2.14. The fourth-order valence-electron chi connectivity index (χ4n) is 2.18. The number of rotatable bonds is 6. The molecule has 3 nitrogen and oxygen atoms in total. The molecule has 1 atom stereocenters. The van der Waals surface area contributed by atoms with E-state index >= 15 is 0 Å². The third-order valence-corrected chi connectivity index (χ3v) is 3.69. The van der Waals surface area contributed by atoms with Crippen LogP contribution in [-0.4, -0.2) is 19.0 Å². The lowest BCUT2D eigenvalue weighted by Gasteiger charge is -2.17. The second kappa shape index (κ2) is 7.81. The van der Waals surface area contributed by atoms with E-state index < -0.39 is 0 Å². The molecule has 110 valence electrons. The van der Waals surface area contributed by atoms with Gasteiger partial charge in [-0.3, -0.25) is 4.79 Å². The van der Waals surface area contributed by atoms with Crippen molar-refractivity contribution in [2.24, 2.45) is 0 Å². The zero-order valence-electron chi connectivity index (χ0n) is 12.1. The second-order valence-corrected chi connectivity index (χ2v) is 5.38. The van der Waals surface area contributed by atoms with Crippen molar-refractivity contribution in [3.05, 3.63) is 65.2 Å². The molecule has 0 heterocycles. The maximum absolute atomic E-state index is 12.1. The van der Waals surface area contributed by atoms with Crippen LogP contribution in [0.2, 0.25) is 5.02 Å². The van der Waals surface area contributed by atoms with E-state index in [4.69, 9.17) is 11.6 Å². The first-order valence-corrected chi connectivity index (χ1v) is 7.48. The summed E-state index contributed by atoms with van der Waals surface area (Å²) < 4.78 is 0. The highest BCUT2D eigenvalue weighted by Crippen LogP contribution is 2.19. The van der Waals surface area contributed by atoms with Crippen molar-refractivity contribution in [3.8, 4) is 0 Å². The van der Waals surface area contributed by atoms with E-state index in [0.29, 0.717) is 17.3 Å². The molecular weight excluding hydrogens is 284 g/mol. The van der Waals surface area contributed by atoms with Gasteiger partial charge in [-0.05, 0) is 19.1 Å². The summed E-state index contributed by atoms with van der Waals surface area (Å²) in [7, 11) is 0. The Balaban J connectivity index is 1.92. The maximum atomic E-state index is 12.1. The van der Waals surface area contributed by atoms with E-state index in [9.17, 15) is 4.79 Å². The van der Waals surface area contributed by atoms with Crippen LogP contribution < -0.4 is 10.2 Å². The number of halogens is 1. The molecule has 4 heteroatoms. The van der Waals surface area contributed by atoms with Gasteiger partial charge in [0.15, 0.2) is 6.54 Å². The van der Waals surface area contributed by atoms with Gasteiger partial charge >= 0.3 is 0 Å². The first-order chi connectivity index (χ1) is 10.2. The standard InChI is InChI=1S/C17H19ClN2O/c1-2-20(12-14-8-4-3-5-9-14)13-17(21)19-16-11-7-6-10-15(16)18/h3-11H,2,12-13H2,1H3,(H,19,21)/p+1. The molecule has 0 radical (unpaired) electrons. The molecule has 0 aromatic heterocycles. The molecule has 0 bridgehead atoms. The number of quaternary nitrogens is 1. The minimum atomic E-state index is -0.0177. The van der Waals surface area contributed by atoms with E-state index in [1.54, 1.807) is 6.07 Å². The average Bonchev–Trinajstić information content (AvgIpc) is 2.50. The lowest BCUT2D eigenvalue weighted by Crippen LogP contribution is -3.11. The highest BCUT2D eigenvalue weighted by atomic mass is 35.5. The molecule has 0 spiro atoms. The topological polar surface area (TPSA) is 33.5 Å². The van der Waals surface area contributed by atoms with Gasteiger partial charge < -0.3 is 10.2 Å². The summed E-state index contributed by atoms with van der Waals surface area (Å²) >= 11 is 6.05. The van der Waals surface area contributed by atoms with Crippen LogP contribution in [0.1, 0.15) is 12.5 Å². The zero-order chi connectivity index (χ0) is 15.1. The van der Waals surface area contributed by atoms with Crippen LogP contribution in [0, 0.1) is 0 Å². The molecule has 2 rings (SSSR count). The molecule has 0 aliphatic carbocycles. The van der Waals surface area contributed by atoms with Gasteiger partial charge in [0.05, 0.1) is 17.3 Å². The number of anilines is 1. The van der Waals surface area contributed by atoms with Crippen molar-refractivity contribution < 1.29 is 9.69 Å². The summed E-state index contributed by atoms with van der Waals surface area (Å²) in [5.41, 5.74) is 1.90. The van der Waals surface area contributed by atoms with Gasteiger partial charge in [0.2, 0.25) is 0 Å². The van der Waals surface area contributed by atoms with Crippen LogP contribution in [0.15, 0.2) is 54.6 Å². The number of likely N-dealkylation sites (N-methyl/N-ethyl adjacent to an activating group) is 1. The third-order valence-electron chi connectivity index (χ3n) is 3.36. The normalized spacial score (nSPS) is 11.9. The third kappa shape index (κ3) is 4.88. The summed E-state index contributed by atoms with van der Waals surface area (Å²) in [5.74, 6) is -0.0177. The van der Waals surface area contributed by atoms with Crippen LogP contribution in [0.4, 0.5) is 5.69 Å². The van der Waals surface area contributed by atoms with Gasteiger partial charge in [-0.2, -0.15) is 0 Å². The van der Waals surface area contributed by atoms with Gasteiger partial charge in [-0.1, -0.05) is 54.1 Å². The largest absolute Gasteiger partial charge is 0.324 e. The molecule has 1 unspecified atom stereocenters. The molecule has 2 aromatic rings. The Hall–Kier alpha value is -1.84. The lowest BCUT2D eigenvalue weighted by molar-refractivity contribution is -0.903. The number of hydrogen-bond acceptors (Lipinski definition) is 1. The number of benzene rings is 2. The summed E-state index contributed by atoms with van der Waals surface area (Å²) in [6.07, 6.45) is 0. The number of hydrogen-bond donors (Lipinski definition) is 2. The zero-order valence-corrected chi connectivity index (χ0v) is 12.9. The van der Waals surface area contributed by atoms with Gasteiger partial charge in [-0.15, -0.1) is 0 Å². The van der Waals surface area contributed by atoms with Crippen molar-refractivity contribution in [2.75, 3.05) is 18.4 Å². The van der Waals surface area contributed by atoms with Crippen LogP contribution >= 0.6 is 11.6 Å². The first kappa shape index (κ1) is 15.5. The first-order valence-electron chi connectivity index (χ1n) is 7.11. The summed E-state index contributed by atoms with van der Waals surface area (Å²) in [6.45, 7) is 4.25. The molecule has 0 fully saturated rings. The fourth-order valence-corrected chi connectivity index (χ4v) is 2.36. The maximum Gasteiger partial charge on any atom is 0.279 e. The average molecular weight is 304 g/mol. The molecular formula is C17H20ClN2O+. The number of nitrogens with one attached hydrogen (secondary N) is 2. The minimum absolute atomic E-state index is 0.0177. The number of carbonyl (C=O) groups is 1. The molecule has 1 amide bonds. The highest BCUT2D eigenvalue weighted by molar-refractivity contribution is 6.33. The van der Waals surface area contributed by atoms with Crippen molar-refractivity contribution in [1.29, 1.82) is 0 Å². The molecule has 2 aromatic carbocycles. The van der Waals surface area contributed by atoms with E-state index in [2.05, 4.69) is 24.4 Å². The van der Waals surface area contributed by atoms with E-state index in [-0.39, 0.29) is 5.91 Å². The van der Waals surface area contributed by atoms with Crippen molar-refractivity contribution >= 4 is 23.2 Å². The van der Waals surface area contributed by atoms with E-state index in [0.717, 1.165) is 13.1 Å². The Kier molecular flexibility index (Phi) is 5.78. The second-order valence-electron chi connectivity index (χ2n) is 4.97. The predicted molar refractivity (Wildman–Crippen MR) is 86.6 cm³/mol. The van der Waals surface area contributed by atoms with Crippen molar-refractivity contribution in [3.63, 3.8) is 0 Å². The summed E-state index contributed by atoms with van der Waals surface area (Å²) in [4.78, 5) is 13.3. The molecule has 0 saturated heterocycles. The molecule has 0 aliphatic rings. The Labute approximate surface area is 130 Å². The van der Waals surface area contributed by atoms with Crippen molar-refractivity contribution in [2.45, 2.75) is 13.5 Å². The monoisotopic (exact) mass is 303 g/mol. The van der Waals surface area contributed by atoms with Gasteiger partial charge in [0.1, 0.15) is 6.54 Å². The molecule has 21 heavy (non-hydrogen) atoms. The van der Waals surface area contributed by atoms with E-state index in [1.807, 2.05) is 36.4 Å².